The average Bonchev–Trinajstić information content (AvgIpc) is 2.96. The Hall–Kier alpha value is -0.740. The van der Waals surface area contributed by atoms with E-state index in [-0.39, 0.29) is 24.2 Å². The summed E-state index contributed by atoms with van der Waals surface area (Å²) in [6.07, 6.45) is 2.00. The number of anilines is 2. The molecule has 1 fully saturated rings. The van der Waals surface area contributed by atoms with E-state index in [0.717, 1.165) is 22.9 Å². The fourth-order valence-corrected chi connectivity index (χ4v) is 2.01. The van der Waals surface area contributed by atoms with E-state index in [0.29, 0.717) is 11.4 Å². The Balaban J connectivity index is 0.00000128. The molecule has 16 heavy (non-hydrogen) atoms. The third kappa shape index (κ3) is 2.89. The van der Waals surface area contributed by atoms with Crippen LogP contribution in [0.15, 0.2) is 16.6 Å². The van der Waals surface area contributed by atoms with Gasteiger partial charge in [0.15, 0.2) is 0 Å². The van der Waals surface area contributed by atoms with Gasteiger partial charge in [0.05, 0.1) is 11.4 Å². The van der Waals surface area contributed by atoms with E-state index in [1.165, 1.54) is 0 Å². The minimum atomic E-state index is 0. The maximum absolute atomic E-state index is 11.6. The predicted octanol–water partition coefficient (Wildman–Crippen LogP) is 3.11. The average molecular weight is 306 g/mol. The molecule has 1 aliphatic carbocycles. The van der Waals surface area contributed by atoms with Crippen LogP contribution in [0.4, 0.5) is 11.4 Å². The van der Waals surface area contributed by atoms with Crippen molar-refractivity contribution in [2.24, 2.45) is 5.92 Å². The highest BCUT2D eigenvalue weighted by atomic mass is 79.9. The van der Waals surface area contributed by atoms with E-state index >= 15 is 0 Å². The first-order valence-electron chi connectivity index (χ1n) is 4.94. The van der Waals surface area contributed by atoms with Crippen LogP contribution in [-0.2, 0) is 4.79 Å². The molecular weight excluding hydrogens is 291 g/mol. The Morgan fingerprint density at radius 3 is 2.69 bits per heavy atom. The Labute approximate surface area is 109 Å². The molecule has 3 nitrogen and oxygen atoms in total. The summed E-state index contributed by atoms with van der Waals surface area (Å²) in [5, 5.41) is 2.86. The summed E-state index contributed by atoms with van der Waals surface area (Å²) in [5.41, 5.74) is 8.21. The number of hydrogen-bond donors (Lipinski definition) is 2. The van der Waals surface area contributed by atoms with Crippen LogP contribution in [0.3, 0.4) is 0 Å². The lowest BCUT2D eigenvalue weighted by atomic mass is 10.1. The van der Waals surface area contributed by atoms with Crippen LogP contribution >= 0.6 is 28.3 Å². The van der Waals surface area contributed by atoms with E-state index in [1.807, 2.05) is 19.1 Å². The number of amides is 1. The molecule has 1 amide bonds. The number of nitrogen functional groups attached to an aromatic ring is 1. The molecule has 0 unspecified atom stereocenters. The number of nitrogens with two attached hydrogens (primary N) is 1. The molecule has 5 heteroatoms. The second kappa shape index (κ2) is 5.06. The number of carbonyl (C=O) groups excluding carboxylic acids is 1. The maximum Gasteiger partial charge on any atom is 0.227 e. The van der Waals surface area contributed by atoms with E-state index in [2.05, 4.69) is 21.2 Å². The molecule has 1 saturated carbocycles. The van der Waals surface area contributed by atoms with Gasteiger partial charge in [-0.05, 0) is 37.5 Å². The Kier molecular flexibility index (Phi) is 4.21. The molecule has 0 saturated heterocycles. The molecule has 0 bridgehead atoms. The predicted molar refractivity (Wildman–Crippen MR) is 71.9 cm³/mol. The molecule has 0 atom stereocenters. The molecule has 1 aromatic rings. The van der Waals surface area contributed by atoms with Crippen molar-refractivity contribution in [2.75, 3.05) is 11.1 Å². The van der Waals surface area contributed by atoms with Crippen LogP contribution in [0, 0.1) is 12.8 Å². The second-order valence-electron chi connectivity index (χ2n) is 3.95. The van der Waals surface area contributed by atoms with Gasteiger partial charge in [0.2, 0.25) is 5.91 Å². The van der Waals surface area contributed by atoms with Crippen molar-refractivity contribution in [2.45, 2.75) is 19.8 Å². The first kappa shape index (κ1) is 13.3. The van der Waals surface area contributed by atoms with Gasteiger partial charge in [-0.3, -0.25) is 4.79 Å². The van der Waals surface area contributed by atoms with Crippen molar-refractivity contribution in [1.82, 2.24) is 0 Å². The highest BCUT2D eigenvalue weighted by Gasteiger charge is 2.29. The van der Waals surface area contributed by atoms with Gasteiger partial charge in [0, 0.05) is 10.4 Å². The van der Waals surface area contributed by atoms with Gasteiger partial charge in [-0.15, -0.1) is 12.4 Å². The van der Waals surface area contributed by atoms with Crippen molar-refractivity contribution in [3.05, 3.63) is 22.2 Å². The fraction of sp³-hybridized carbons (Fsp3) is 0.364. The molecule has 1 aromatic carbocycles. The molecule has 0 radical (unpaired) electrons. The topological polar surface area (TPSA) is 55.1 Å². The van der Waals surface area contributed by atoms with Gasteiger partial charge in [0.1, 0.15) is 0 Å². The number of hydrogen-bond acceptors (Lipinski definition) is 2. The van der Waals surface area contributed by atoms with E-state index in [4.69, 9.17) is 5.73 Å². The lowest BCUT2D eigenvalue weighted by Crippen LogP contribution is -2.14. The number of nitrogens with one attached hydrogen (secondary N) is 1. The fourth-order valence-electron chi connectivity index (χ4n) is 1.44. The van der Waals surface area contributed by atoms with Gasteiger partial charge >= 0.3 is 0 Å². The quantitative estimate of drug-likeness (QED) is 0.825. The normalized spacial score (nSPS) is 14.1. The molecule has 0 aliphatic heterocycles. The zero-order chi connectivity index (χ0) is 11.0. The number of halogens is 2. The van der Waals surface area contributed by atoms with Gasteiger partial charge in [-0.25, -0.2) is 0 Å². The molecule has 2 rings (SSSR count). The highest BCUT2D eigenvalue weighted by molar-refractivity contribution is 9.10. The molecule has 1 aliphatic rings. The highest BCUT2D eigenvalue weighted by Crippen LogP contribution is 2.33. The number of carbonyl (C=O) groups is 1. The van der Waals surface area contributed by atoms with E-state index < -0.39 is 0 Å². The van der Waals surface area contributed by atoms with Gasteiger partial charge < -0.3 is 11.1 Å². The Bertz CT molecular complexity index is 419. The Morgan fingerprint density at radius 1 is 1.50 bits per heavy atom. The molecular formula is C11H14BrClN2O. The molecule has 3 N–H and O–H groups in total. The lowest BCUT2D eigenvalue weighted by Gasteiger charge is -2.10. The summed E-state index contributed by atoms with van der Waals surface area (Å²) in [5.74, 6) is 0.280. The molecule has 0 heterocycles. The zero-order valence-electron chi connectivity index (χ0n) is 8.92. The third-order valence-electron chi connectivity index (χ3n) is 2.56. The van der Waals surface area contributed by atoms with Gasteiger partial charge in [-0.2, -0.15) is 0 Å². The maximum atomic E-state index is 11.6. The van der Waals surface area contributed by atoms with Gasteiger partial charge in [-0.1, -0.05) is 15.9 Å². The van der Waals surface area contributed by atoms with Crippen LogP contribution in [0.2, 0.25) is 0 Å². The number of aryl methyl sites for hydroxylation is 1. The van der Waals surface area contributed by atoms with Crippen molar-refractivity contribution in [3.63, 3.8) is 0 Å². The largest absolute Gasteiger partial charge is 0.397 e. The van der Waals surface area contributed by atoms with Crippen molar-refractivity contribution < 1.29 is 4.79 Å². The number of benzene rings is 1. The van der Waals surface area contributed by atoms with Crippen molar-refractivity contribution in [1.29, 1.82) is 0 Å². The van der Waals surface area contributed by atoms with Gasteiger partial charge in [0.25, 0.3) is 0 Å². The van der Waals surface area contributed by atoms with Crippen molar-refractivity contribution >= 4 is 45.6 Å². The first-order chi connectivity index (χ1) is 7.08. The summed E-state index contributed by atoms with van der Waals surface area (Å²) in [4.78, 5) is 11.6. The summed E-state index contributed by atoms with van der Waals surface area (Å²) in [6, 6.07) is 3.77. The first-order valence-corrected chi connectivity index (χ1v) is 5.73. The SMILES string of the molecule is Cc1cc(Br)cc(NC(=O)C2CC2)c1N.Cl. The van der Waals surface area contributed by atoms with Crippen LogP contribution in [-0.4, -0.2) is 5.91 Å². The minimum Gasteiger partial charge on any atom is -0.397 e. The summed E-state index contributed by atoms with van der Waals surface area (Å²) in [6.45, 7) is 1.92. The monoisotopic (exact) mass is 304 g/mol. The van der Waals surface area contributed by atoms with E-state index in [9.17, 15) is 4.79 Å². The summed E-state index contributed by atoms with van der Waals surface area (Å²) in [7, 11) is 0. The summed E-state index contributed by atoms with van der Waals surface area (Å²) >= 11 is 3.38. The summed E-state index contributed by atoms with van der Waals surface area (Å²) < 4.78 is 0.931. The Morgan fingerprint density at radius 2 is 2.12 bits per heavy atom. The second-order valence-corrected chi connectivity index (χ2v) is 4.86. The van der Waals surface area contributed by atoms with Crippen LogP contribution in [0.25, 0.3) is 0 Å². The molecule has 0 aromatic heterocycles. The molecule has 88 valence electrons. The lowest BCUT2D eigenvalue weighted by molar-refractivity contribution is -0.117. The van der Waals surface area contributed by atoms with E-state index in [1.54, 1.807) is 0 Å². The number of rotatable bonds is 2. The van der Waals surface area contributed by atoms with Crippen LogP contribution in [0.1, 0.15) is 18.4 Å². The standard InChI is InChI=1S/C11H13BrN2O.ClH/c1-6-4-8(12)5-9(10(6)13)14-11(15)7-2-3-7;/h4-5,7H,2-3,13H2,1H3,(H,14,15);1H. The van der Waals surface area contributed by atoms with Crippen LogP contribution < -0.4 is 11.1 Å². The molecule has 0 spiro atoms. The smallest absolute Gasteiger partial charge is 0.227 e. The minimum absolute atomic E-state index is 0. The van der Waals surface area contributed by atoms with Crippen LogP contribution in [0.5, 0.6) is 0 Å². The third-order valence-corrected chi connectivity index (χ3v) is 3.02. The zero-order valence-corrected chi connectivity index (χ0v) is 11.3. The van der Waals surface area contributed by atoms with Crippen molar-refractivity contribution in [3.8, 4) is 0 Å².